The number of likely N-dealkylation sites (tertiary alicyclic amines) is 1. The fourth-order valence-electron chi connectivity index (χ4n) is 4.16. The normalized spacial score (nSPS) is 20.1. The molecule has 0 unspecified atom stereocenters. The summed E-state index contributed by atoms with van der Waals surface area (Å²) in [6.45, 7) is 8.27. The number of aliphatic hydroxyl groups is 1. The third-order valence-corrected chi connectivity index (χ3v) is 5.87. The van der Waals surface area contributed by atoms with Gasteiger partial charge in [0.1, 0.15) is 12.4 Å². The molecule has 0 aliphatic carbocycles. The first-order chi connectivity index (χ1) is 14.7. The standard InChI is InChI=1S/C26H36N2O3/c1-21-10-12-23(13-11-21)31-20-26(30)14-7-16-28(17-15-26)19-24(29)27-25(2,3)18-22-8-5-4-6-9-22/h4-6,8-13,30H,7,14-20H2,1-3H3,(H,27,29)/t26-/m1/s1. The van der Waals surface area contributed by atoms with Crippen LogP contribution in [0.5, 0.6) is 5.75 Å². The Morgan fingerprint density at radius 2 is 1.81 bits per heavy atom. The van der Waals surface area contributed by atoms with E-state index >= 15 is 0 Å². The number of ether oxygens (including phenoxy) is 1. The monoisotopic (exact) mass is 424 g/mol. The van der Waals surface area contributed by atoms with Crippen LogP contribution in [0.2, 0.25) is 0 Å². The molecule has 1 aliphatic rings. The number of amides is 1. The van der Waals surface area contributed by atoms with Gasteiger partial charge in [0.05, 0.1) is 12.1 Å². The highest BCUT2D eigenvalue weighted by Gasteiger charge is 2.32. The molecule has 2 N–H and O–H groups in total. The number of rotatable bonds is 8. The lowest BCUT2D eigenvalue weighted by molar-refractivity contribution is -0.123. The van der Waals surface area contributed by atoms with Crippen LogP contribution in [0.3, 0.4) is 0 Å². The van der Waals surface area contributed by atoms with Crippen LogP contribution < -0.4 is 10.1 Å². The Morgan fingerprint density at radius 3 is 2.52 bits per heavy atom. The lowest BCUT2D eigenvalue weighted by Crippen LogP contribution is -2.49. The van der Waals surface area contributed by atoms with E-state index in [9.17, 15) is 9.90 Å². The van der Waals surface area contributed by atoms with E-state index in [2.05, 4.69) is 36.2 Å². The lowest BCUT2D eigenvalue weighted by Gasteiger charge is -2.29. The highest BCUT2D eigenvalue weighted by Crippen LogP contribution is 2.24. The zero-order valence-corrected chi connectivity index (χ0v) is 19.1. The van der Waals surface area contributed by atoms with Crippen molar-refractivity contribution in [1.29, 1.82) is 0 Å². The molecule has 0 aromatic heterocycles. The third kappa shape index (κ3) is 7.67. The molecule has 0 bridgehead atoms. The lowest BCUT2D eigenvalue weighted by atomic mass is 9.95. The average Bonchev–Trinajstić information content (AvgIpc) is 2.89. The van der Waals surface area contributed by atoms with Crippen LogP contribution in [0.1, 0.15) is 44.2 Å². The van der Waals surface area contributed by atoms with Crippen molar-refractivity contribution in [2.45, 2.75) is 57.6 Å². The number of carbonyl (C=O) groups is 1. The first-order valence-corrected chi connectivity index (χ1v) is 11.2. The smallest absolute Gasteiger partial charge is 0.234 e. The number of carbonyl (C=O) groups excluding carboxylic acids is 1. The fraction of sp³-hybridized carbons (Fsp3) is 0.500. The predicted octanol–water partition coefficient (Wildman–Crippen LogP) is 3.73. The van der Waals surface area contributed by atoms with Gasteiger partial charge in [-0.1, -0.05) is 48.0 Å². The van der Waals surface area contributed by atoms with Crippen molar-refractivity contribution in [2.75, 3.05) is 26.2 Å². The summed E-state index contributed by atoms with van der Waals surface area (Å²) in [5.41, 5.74) is 1.22. The molecule has 1 atom stereocenters. The second-order valence-corrected chi connectivity index (χ2v) is 9.55. The van der Waals surface area contributed by atoms with E-state index in [0.717, 1.165) is 25.1 Å². The number of benzene rings is 2. The molecule has 1 fully saturated rings. The quantitative estimate of drug-likeness (QED) is 0.678. The Labute approximate surface area is 186 Å². The maximum absolute atomic E-state index is 12.7. The second-order valence-electron chi connectivity index (χ2n) is 9.55. The second kappa shape index (κ2) is 10.3. The summed E-state index contributed by atoms with van der Waals surface area (Å²) in [6, 6.07) is 18.1. The van der Waals surface area contributed by atoms with Crippen molar-refractivity contribution >= 4 is 5.91 Å². The minimum absolute atomic E-state index is 0.0299. The summed E-state index contributed by atoms with van der Waals surface area (Å²) in [7, 11) is 0. The van der Waals surface area contributed by atoms with Gasteiger partial charge >= 0.3 is 0 Å². The Bertz CT molecular complexity index is 835. The van der Waals surface area contributed by atoms with Gasteiger partial charge < -0.3 is 15.2 Å². The SMILES string of the molecule is Cc1ccc(OC[C@@]2(O)CCCN(CC(=O)NC(C)(C)Cc3ccccc3)CC2)cc1. The van der Waals surface area contributed by atoms with Gasteiger partial charge in [0.15, 0.2) is 0 Å². The van der Waals surface area contributed by atoms with Crippen LogP contribution in [0.25, 0.3) is 0 Å². The predicted molar refractivity (Wildman–Crippen MR) is 124 cm³/mol. The summed E-state index contributed by atoms with van der Waals surface area (Å²) in [5.74, 6) is 0.808. The fourth-order valence-corrected chi connectivity index (χ4v) is 4.16. The summed E-state index contributed by atoms with van der Waals surface area (Å²) in [4.78, 5) is 14.8. The van der Waals surface area contributed by atoms with Crippen molar-refractivity contribution < 1.29 is 14.6 Å². The molecule has 2 aromatic carbocycles. The molecule has 5 nitrogen and oxygen atoms in total. The van der Waals surface area contributed by atoms with Gasteiger partial charge in [0, 0.05) is 12.1 Å². The molecule has 3 rings (SSSR count). The number of nitrogens with zero attached hydrogens (tertiary/aromatic N) is 1. The molecule has 2 aromatic rings. The highest BCUT2D eigenvalue weighted by molar-refractivity contribution is 5.78. The van der Waals surface area contributed by atoms with Gasteiger partial charge in [-0.2, -0.15) is 0 Å². The van der Waals surface area contributed by atoms with Gasteiger partial charge in [0.2, 0.25) is 5.91 Å². The minimum Gasteiger partial charge on any atom is -0.491 e. The summed E-state index contributed by atoms with van der Waals surface area (Å²) in [6.07, 6.45) is 2.90. The van der Waals surface area contributed by atoms with Gasteiger partial charge in [-0.3, -0.25) is 9.69 Å². The Morgan fingerprint density at radius 1 is 1.10 bits per heavy atom. The maximum atomic E-state index is 12.7. The summed E-state index contributed by atoms with van der Waals surface area (Å²) >= 11 is 0. The van der Waals surface area contributed by atoms with Crippen molar-refractivity contribution in [1.82, 2.24) is 10.2 Å². The molecule has 1 heterocycles. The van der Waals surface area contributed by atoms with Gasteiger partial charge in [-0.25, -0.2) is 0 Å². The number of aryl methyl sites for hydroxylation is 1. The minimum atomic E-state index is -0.858. The van der Waals surface area contributed by atoms with Crippen LogP contribution in [0.4, 0.5) is 0 Å². The number of nitrogens with one attached hydrogen (secondary N) is 1. The Hall–Kier alpha value is -2.37. The molecular formula is C26H36N2O3. The van der Waals surface area contributed by atoms with E-state index < -0.39 is 5.60 Å². The molecule has 31 heavy (non-hydrogen) atoms. The van der Waals surface area contributed by atoms with Crippen LogP contribution in [0.15, 0.2) is 54.6 Å². The zero-order valence-electron chi connectivity index (χ0n) is 19.1. The number of hydrogen-bond donors (Lipinski definition) is 2. The molecule has 1 saturated heterocycles. The van der Waals surface area contributed by atoms with Crippen molar-refractivity contribution in [2.24, 2.45) is 0 Å². The van der Waals surface area contributed by atoms with E-state index in [1.54, 1.807) is 0 Å². The molecule has 168 valence electrons. The third-order valence-electron chi connectivity index (χ3n) is 5.87. The van der Waals surface area contributed by atoms with E-state index in [4.69, 9.17) is 4.74 Å². The van der Waals surface area contributed by atoms with Crippen molar-refractivity contribution in [3.05, 3.63) is 65.7 Å². The summed E-state index contributed by atoms with van der Waals surface area (Å²) in [5, 5.41) is 14.2. The zero-order chi connectivity index (χ0) is 22.3. The van der Waals surface area contributed by atoms with E-state index in [-0.39, 0.29) is 18.1 Å². The molecule has 5 heteroatoms. The van der Waals surface area contributed by atoms with Gasteiger partial charge in [0.25, 0.3) is 0 Å². The van der Waals surface area contributed by atoms with E-state index in [1.807, 2.05) is 49.4 Å². The van der Waals surface area contributed by atoms with Crippen LogP contribution in [-0.2, 0) is 11.2 Å². The van der Waals surface area contributed by atoms with Crippen LogP contribution >= 0.6 is 0 Å². The number of hydrogen-bond acceptors (Lipinski definition) is 4. The van der Waals surface area contributed by atoms with Crippen molar-refractivity contribution in [3.63, 3.8) is 0 Å². The molecular weight excluding hydrogens is 388 g/mol. The molecule has 1 aliphatic heterocycles. The van der Waals surface area contributed by atoms with Gasteiger partial charge in [-0.05, 0) is 70.7 Å². The Balaban J connectivity index is 1.46. The molecule has 0 saturated carbocycles. The molecule has 0 spiro atoms. The first kappa shape index (κ1) is 23.3. The van der Waals surface area contributed by atoms with Crippen LogP contribution in [-0.4, -0.2) is 53.3 Å². The maximum Gasteiger partial charge on any atom is 0.234 e. The summed E-state index contributed by atoms with van der Waals surface area (Å²) < 4.78 is 5.85. The molecule has 1 amide bonds. The van der Waals surface area contributed by atoms with Crippen molar-refractivity contribution in [3.8, 4) is 5.75 Å². The highest BCUT2D eigenvalue weighted by atomic mass is 16.5. The first-order valence-electron chi connectivity index (χ1n) is 11.2. The largest absolute Gasteiger partial charge is 0.491 e. The Kier molecular flexibility index (Phi) is 7.74. The van der Waals surface area contributed by atoms with E-state index in [0.29, 0.717) is 25.9 Å². The topological polar surface area (TPSA) is 61.8 Å². The average molecular weight is 425 g/mol. The molecule has 0 radical (unpaired) electrons. The van der Waals surface area contributed by atoms with E-state index in [1.165, 1.54) is 11.1 Å². The van der Waals surface area contributed by atoms with Gasteiger partial charge in [-0.15, -0.1) is 0 Å². The van der Waals surface area contributed by atoms with Crippen LogP contribution in [0, 0.1) is 6.92 Å².